The number of methoxy groups -OCH3 is 1. The molecule has 148 valence electrons. The molecule has 2 aromatic carbocycles. The molecule has 7 heteroatoms. The molecule has 2 heterocycles. The first-order valence-corrected chi connectivity index (χ1v) is 9.28. The molecule has 1 aromatic heterocycles. The maximum atomic E-state index is 13.3. The van der Waals surface area contributed by atoms with Crippen molar-refractivity contribution in [2.45, 2.75) is 24.9 Å². The second kappa shape index (κ2) is 8.63. The van der Waals surface area contributed by atoms with Crippen LogP contribution in [0, 0.1) is 0 Å². The van der Waals surface area contributed by atoms with Crippen molar-refractivity contribution in [3.8, 4) is 5.75 Å². The first-order chi connectivity index (χ1) is 13.2. The highest BCUT2D eigenvalue weighted by Gasteiger charge is 2.41. The molecule has 1 saturated heterocycles. The van der Waals surface area contributed by atoms with Gasteiger partial charge in [-0.05, 0) is 48.8 Å². The lowest BCUT2D eigenvalue weighted by Gasteiger charge is -2.36. The highest BCUT2D eigenvalue weighted by atomic mass is 35.5. The topological polar surface area (TPSA) is 68.2 Å². The second-order valence-corrected chi connectivity index (χ2v) is 6.88. The second-order valence-electron chi connectivity index (χ2n) is 6.88. The quantitative estimate of drug-likeness (QED) is 0.691. The standard InChI is InChI=1S/C21H24N4O2.ClH/c1-27-19-8-7-16-5-2-3-6-17(16)18(19)15-23-20(26)21(9-12-22-13-10-21)25-14-4-11-24-25;/h2-8,11,14,22H,9-10,12-13,15H2,1H3,(H,23,26);1H. The molecule has 4 rings (SSSR count). The monoisotopic (exact) mass is 400 g/mol. The minimum atomic E-state index is -0.646. The molecule has 0 atom stereocenters. The Morgan fingerprint density at radius 1 is 1.21 bits per heavy atom. The number of carbonyl (C=O) groups is 1. The van der Waals surface area contributed by atoms with Gasteiger partial charge in [0.25, 0.3) is 0 Å². The van der Waals surface area contributed by atoms with Gasteiger partial charge in [-0.25, -0.2) is 0 Å². The van der Waals surface area contributed by atoms with Gasteiger partial charge in [0.15, 0.2) is 0 Å². The number of hydrogen-bond acceptors (Lipinski definition) is 4. The van der Waals surface area contributed by atoms with Crippen molar-refractivity contribution in [1.29, 1.82) is 0 Å². The van der Waals surface area contributed by atoms with Gasteiger partial charge in [0.1, 0.15) is 11.3 Å². The van der Waals surface area contributed by atoms with E-state index in [1.54, 1.807) is 13.3 Å². The van der Waals surface area contributed by atoms with Gasteiger partial charge in [0.2, 0.25) is 5.91 Å². The van der Waals surface area contributed by atoms with Crippen LogP contribution in [0.25, 0.3) is 10.8 Å². The summed E-state index contributed by atoms with van der Waals surface area (Å²) >= 11 is 0. The Hall–Kier alpha value is -2.57. The zero-order chi connectivity index (χ0) is 18.7. The number of fused-ring (bicyclic) bond motifs is 1. The Balaban J connectivity index is 0.00000225. The fourth-order valence-corrected chi connectivity index (χ4v) is 3.95. The van der Waals surface area contributed by atoms with Gasteiger partial charge in [-0.2, -0.15) is 5.10 Å². The first kappa shape index (κ1) is 20.2. The number of aromatic nitrogens is 2. The molecule has 1 fully saturated rings. The predicted molar refractivity (Wildman–Crippen MR) is 112 cm³/mol. The number of carbonyl (C=O) groups excluding carboxylic acids is 1. The third kappa shape index (κ3) is 3.57. The van der Waals surface area contributed by atoms with E-state index >= 15 is 0 Å². The Kier molecular flexibility index (Phi) is 6.21. The van der Waals surface area contributed by atoms with Crippen LogP contribution in [0.1, 0.15) is 18.4 Å². The molecule has 0 aliphatic carbocycles. The van der Waals surface area contributed by atoms with Gasteiger partial charge < -0.3 is 15.4 Å². The molecule has 1 aliphatic heterocycles. The number of nitrogens with one attached hydrogen (secondary N) is 2. The fourth-order valence-electron chi connectivity index (χ4n) is 3.95. The average molecular weight is 401 g/mol. The largest absolute Gasteiger partial charge is 0.496 e. The molecule has 0 radical (unpaired) electrons. The minimum absolute atomic E-state index is 0. The molecule has 0 unspecified atom stereocenters. The summed E-state index contributed by atoms with van der Waals surface area (Å²) in [6, 6.07) is 14.0. The van der Waals surface area contributed by atoms with Gasteiger partial charge >= 0.3 is 0 Å². The number of halogens is 1. The summed E-state index contributed by atoms with van der Waals surface area (Å²) < 4.78 is 7.36. The highest BCUT2D eigenvalue weighted by Crippen LogP contribution is 2.30. The van der Waals surface area contributed by atoms with Gasteiger partial charge in [0, 0.05) is 24.5 Å². The molecule has 0 saturated carbocycles. The van der Waals surface area contributed by atoms with Gasteiger partial charge in [0.05, 0.1) is 7.11 Å². The van der Waals surface area contributed by atoms with E-state index in [2.05, 4.69) is 27.9 Å². The lowest BCUT2D eigenvalue weighted by molar-refractivity contribution is -0.132. The maximum absolute atomic E-state index is 13.3. The Bertz CT molecular complexity index is 937. The fraction of sp³-hybridized carbons (Fsp3) is 0.333. The van der Waals surface area contributed by atoms with Crippen LogP contribution in [0.4, 0.5) is 0 Å². The van der Waals surface area contributed by atoms with E-state index in [0.717, 1.165) is 35.2 Å². The molecule has 2 N–H and O–H groups in total. The highest BCUT2D eigenvalue weighted by molar-refractivity contribution is 5.89. The SMILES string of the molecule is COc1ccc2ccccc2c1CNC(=O)C1(n2cccn2)CCNCC1.Cl. The predicted octanol–water partition coefficient (Wildman–Crippen LogP) is 2.86. The van der Waals surface area contributed by atoms with Crippen LogP contribution in [0.3, 0.4) is 0 Å². The third-order valence-electron chi connectivity index (χ3n) is 5.44. The summed E-state index contributed by atoms with van der Waals surface area (Å²) in [5, 5.41) is 13.1. The van der Waals surface area contributed by atoms with Crippen LogP contribution in [0.15, 0.2) is 54.9 Å². The van der Waals surface area contributed by atoms with Crippen molar-refractivity contribution in [2.75, 3.05) is 20.2 Å². The number of ether oxygens (including phenoxy) is 1. The van der Waals surface area contributed by atoms with E-state index in [1.807, 2.05) is 41.2 Å². The van der Waals surface area contributed by atoms with Crippen LogP contribution in [0.5, 0.6) is 5.75 Å². The lowest BCUT2D eigenvalue weighted by Crippen LogP contribution is -2.54. The van der Waals surface area contributed by atoms with E-state index in [4.69, 9.17) is 4.74 Å². The molecular weight excluding hydrogens is 376 g/mol. The van der Waals surface area contributed by atoms with Gasteiger partial charge in [-0.1, -0.05) is 30.3 Å². The summed E-state index contributed by atoms with van der Waals surface area (Å²) in [6.07, 6.45) is 5.04. The maximum Gasteiger partial charge on any atom is 0.248 e. The van der Waals surface area contributed by atoms with Crippen molar-refractivity contribution in [1.82, 2.24) is 20.4 Å². The number of piperidine rings is 1. The van der Waals surface area contributed by atoms with Crippen molar-refractivity contribution < 1.29 is 9.53 Å². The molecule has 0 bridgehead atoms. The number of nitrogens with zero attached hydrogens (tertiary/aromatic N) is 2. The van der Waals surface area contributed by atoms with Crippen LogP contribution >= 0.6 is 12.4 Å². The summed E-state index contributed by atoms with van der Waals surface area (Å²) in [4.78, 5) is 13.3. The normalized spacial score (nSPS) is 15.6. The Labute approximate surface area is 170 Å². The third-order valence-corrected chi connectivity index (χ3v) is 5.44. The molecule has 28 heavy (non-hydrogen) atoms. The zero-order valence-electron chi connectivity index (χ0n) is 15.9. The number of hydrogen-bond donors (Lipinski definition) is 2. The Morgan fingerprint density at radius 3 is 2.71 bits per heavy atom. The van der Waals surface area contributed by atoms with E-state index in [-0.39, 0.29) is 18.3 Å². The Morgan fingerprint density at radius 2 is 2.00 bits per heavy atom. The van der Waals surface area contributed by atoms with E-state index in [9.17, 15) is 4.79 Å². The van der Waals surface area contributed by atoms with Gasteiger partial charge in [-0.15, -0.1) is 12.4 Å². The number of amides is 1. The summed E-state index contributed by atoms with van der Waals surface area (Å²) in [7, 11) is 1.66. The molecule has 1 amide bonds. The van der Waals surface area contributed by atoms with Crippen molar-refractivity contribution >= 4 is 29.1 Å². The van der Waals surface area contributed by atoms with E-state index in [1.165, 1.54) is 0 Å². The summed E-state index contributed by atoms with van der Waals surface area (Å²) in [5.41, 5.74) is 0.348. The van der Waals surface area contributed by atoms with Crippen molar-refractivity contribution in [3.63, 3.8) is 0 Å². The first-order valence-electron chi connectivity index (χ1n) is 9.28. The average Bonchev–Trinajstić information content (AvgIpc) is 3.27. The number of benzene rings is 2. The molecule has 1 aliphatic rings. The summed E-state index contributed by atoms with van der Waals surface area (Å²) in [5.74, 6) is 0.787. The van der Waals surface area contributed by atoms with Crippen LogP contribution in [0.2, 0.25) is 0 Å². The van der Waals surface area contributed by atoms with E-state index < -0.39 is 5.54 Å². The zero-order valence-corrected chi connectivity index (χ0v) is 16.7. The smallest absolute Gasteiger partial charge is 0.248 e. The van der Waals surface area contributed by atoms with Crippen molar-refractivity contribution in [3.05, 3.63) is 60.4 Å². The van der Waals surface area contributed by atoms with Crippen molar-refractivity contribution in [2.24, 2.45) is 0 Å². The van der Waals surface area contributed by atoms with Crippen LogP contribution in [-0.4, -0.2) is 35.9 Å². The number of rotatable bonds is 5. The summed E-state index contributed by atoms with van der Waals surface area (Å²) in [6.45, 7) is 2.01. The van der Waals surface area contributed by atoms with Crippen LogP contribution in [-0.2, 0) is 16.9 Å². The lowest BCUT2D eigenvalue weighted by atomic mass is 9.87. The van der Waals surface area contributed by atoms with Gasteiger partial charge in [-0.3, -0.25) is 9.48 Å². The molecule has 3 aromatic rings. The minimum Gasteiger partial charge on any atom is -0.496 e. The molecule has 6 nitrogen and oxygen atoms in total. The van der Waals surface area contributed by atoms with Crippen LogP contribution < -0.4 is 15.4 Å². The molecule has 0 spiro atoms. The van der Waals surface area contributed by atoms with E-state index in [0.29, 0.717) is 19.4 Å². The molecular formula is C21H25ClN4O2.